The number of amides is 2. The molecule has 17 heteroatoms. The normalized spacial score (nSPS) is 24.7. The van der Waals surface area contributed by atoms with Crippen LogP contribution in [0.2, 0.25) is 0 Å². The fourth-order valence-electron chi connectivity index (χ4n) is 8.84. The number of nitriles is 1. The van der Waals surface area contributed by atoms with Gasteiger partial charge in [-0.2, -0.15) is 28.4 Å². The molecule has 6 heterocycles. The SMILES string of the molecule is CCN(c1nc(OC[C@@]23CCCN2C[C@H](F)C3)nc2c(F)c(-c3ccc(F)c4sc(N)c(C#N)c34)c(C(F)(F)F)cc12)[C@H]1C[C@H]2CN(C)C(=O)N2C1. The third kappa shape index (κ3) is 5.27. The average Bonchev–Trinajstić information content (AvgIpc) is 3.88. The third-order valence-electron chi connectivity index (χ3n) is 11.1. The van der Waals surface area contributed by atoms with E-state index in [1.165, 1.54) is 0 Å². The number of nitrogen functional groups attached to an aromatic ring is 1. The second-order valence-electron chi connectivity index (χ2n) is 14.1. The van der Waals surface area contributed by atoms with Gasteiger partial charge in [0.25, 0.3) is 0 Å². The second kappa shape index (κ2) is 12.3. The van der Waals surface area contributed by atoms with Crippen molar-refractivity contribution in [2.24, 2.45) is 0 Å². The van der Waals surface area contributed by atoms with Crippen molar-refractivity contribution < 1.29 is 35.9 Å². The number of thiophene rings is 1. The van der Waals surface area contributed by atoms with Crippen LogP contribution in [0.4, 0.5) is 42.0 Å². The van der Waals surface area contributed by atoms with Crippen molar-refractivity contribution in [3.8, 4) is 23.2 Å². The average molecular weight is 745 g/mol. The number of carbonyl (C=O) groups is 1. The van der Waals surface area contributed by atoms with Crippen LogP contribution >= 0.6 is 11.3 Å². The molecular weight excluding hydrogens is 710 g/mol. The quantitative estimate of drug-likeness (QED) is 0.212. The summed E-state index contributed by atoms with van der Waals surface area (Å²) in [6.45, 7) is 3.72. The first-order valence-corrected chi connectivity index (χ1v) is 17.9. The summed E-state index contributed by atoms with van der Waals surface area (Å²) in [6, 6.07) is 3.58. The molecule has 2 aromatic carbocycles. The minimum absolute atomic E-state index is 0.0114. The number of alkyl halides is 4. The van der Waals surface area contributed by atoms with Crippen molar-refractivity contribution >= 4 is 49.2 Å². The van der Waals surface area contributed by atoms with Gasteiger partial charge in [-0.3, -0.25) is 4.90 Å². The van der Waals surface area contributed by atoms with E-state index >= 15 is 17.6 Å². The number of rotatable bonds is 7. The molecule has 4 aliphatic heterocycles. The largest absolute Gasteiger partial charge is 0.461 e. The van der Waals surface area contributed by atoms with E-state index in [9.17, 15) is 18.8 Å². The van der Waals surface area contributed by atoms with E-state index in [4.69, 9.17) is 10.5 Å². The minimum atomic E-state index is -5.12. The first-order chi connectivity index (χ1) is 24.7. The van der Waals surface area contributed by atoms with Crippen molar-refractivity contribution in [2.45, 2.75) is 62.6 Å². The Kier molecular flexibility index (Phi) is 8.14. The number of hydrogen-bond donors (Lipinski definition) is 1. The Labute approximate surface area is 298 Å². The Morgan fingerprint density at radius 1 is 1.21 bits per heavy atom. The summed E-state index contributed by atoms with van der Waals surface area (Å²) in [4.78, 5) is 28.9. The van der Waals surface area contributed by atoms with Crippen LogP contribution in [0, 0.1) is 23.0 Å². The predicted octanol–water partition coefficient (Wildman–Crippen LogP) is 6.55. The molecule has 0 saturated carbocycles. The highest BCUT2D eigenvalue weighted by Crippen LogP contribution is 2.49. The van der Waals surface area contributed by atoms with Gasteiger partial charge >= 0.3 is 18.2 Å². The highest BCUT2D eigenvalue weighted by atomic mass is 32.1. The van der Waals surface area contributed by atoms with Gasteiger partial charge in [0.2, 0.25) is 0 Å². The number of anilines is 2. The van der Waals surface area contributed by atoms with E-state index in [0.717, 1.165) is 24.6 Å². The number of aromatic nitrogens is 2. The summed E-state index contributed by atoms with van der Waals surface area (Å²) in [5.74, 6) is -2.21. The van der Waals surface area contributed by atoms with Crippen molar-refractivity contribution in [1.82, 2.24) is 24.7 Å². The molecule has 0 radical (unpaired) electrons. The molecule has 0 bridgehead atoms. The van der Waals surface area contributed by atoms with E-state index < -0.39 is 46.2 Å². The molecule has 8 rings (SSSR count). The third-order valence-corrected chi connectivity index (χ3v) is 12.2. The molecule has 10 nitrogen and oxygen atoms in total. The van der Waals surface area contributed by atoms with Gasteiger partial charge in [-0.05, 0) is 50.4 Å². The monoisotopic (exact) mass is 744 g/mol. The predicted molar refractivity (Wildman–Crippen MR) is 183 cm³/mol. The van der Waals surface area contributed by atoms with Crippen molar-refractivity contribution in [3.63, 3.8) is 0 Å². The van der Waals surface area contributed by atoms with Gasteiger partial charge in [0, 0.05) is 56.0 Å². The lowest BCUT2D eigenvalue weighted by Crippen LogP contribution is -2.43. The molecule has 2 aromatic heterocycles. The number of nitrogens with zero attached hydrogens (tertiary/aromatic N) is 7. The van der Waals surface area contributed by atoms with Gasteiger partial charge in [0.1, 0.15) is 41.0 Å². The van der Waals surface area contributed by atoms with Crippen LogP contribution in [0.1, 0.15) is 43.7 Å². The molecular formula is C35H34F6N8O2S. The van der Waals surface area contributed by atoms with Crippen LogP contribution < -0.4 is 15.4 Å². The fourth-order valence-corrected chi connectivity index (χ4v) is 9.79. The highest BCUT2D eigenvalue weighted by Gasteiger charge is 2.50. The molecule has 0 aliphatic carbocycles. The Morgan fingerprint density at radius 3 is 2.71 bits per heavy atom. The standard InChI is InChI=1S/C35H34F6N8O2S/c1-3-48(19-9-18-14-46(2)33(50)49(18)15-19)31-21-10-23(35(39,40)41)26(20-5-6-24(37)29-25(20)22(12-42)30(43)52-29)27(38)28(21)44-32(45-31)51-16-34-7-4-8-47(34)13-17(36)11-34/h5-6,10,17-19H,3-4,7-9,11,13-16,43H2,1-2H3/t17-,18+,19+,34+/m1/s1. The number of hydrogen-bond acceptors (Lipinski definition) is 9. The lowest BCUT2D eigenvalue weighted by Gasteiger charge is -2.32. The second-order valence-corrected chi connectivity index (χ2v) is 15.2. The first-order valence-electron chi connectivity index (χ1n) is 17.1. The summed E-state index contributed by atoms with van der Waals surface area (Å²) in [6.07, 6.45) is -3.95. The van der Waals surface area contributed by atoms with Crippen LogP contribution in [-0.4, -0.2) is 101 Å². The van der Waals surface area contributed by atoms with Crippen LogP contribution in [0.15, 0.2) is 18.2 Å². The molecule has 4 saturated heterocycles. The summed E-state index contributed by atoms with van der Waals surface area (Å²) in [5.41, 5.74) is 1.93. The van der Waals surface area contributed by atoms with E-state index in [2.05, 4.69) is 9.97 Å². The van der Waals surface area contributed by atoms with Crippen LogP contribution in [0.25, 0.3) is 32.1 Å². The maximum Gasteiger partial charge on any atom is 0.417 e. The Hall–Kier alpha value is -4.56. The van der Waals surface area contributed by atoms with Gasteiger partial charge in [-0.1, -0.05) is 6.07 Å². The van der Waals surface area contributed by atoms with Gasteiger partial charge in [0.05, 0.1) is 33.4 Å². The number of halogens is 6. The van der Waals surface area contributed by atoms with Crippen molar-refractivity contribution in [1.29, 1.82) is 5.26 Å². The maximum atomic E-state index is 17.2. The number of ether oxygens (including phenoxy) is 1. The summed E-state index contributed by atoms with van der Waals surface area (Å²) >= 11 is 0.683. The topological polar surface area (TPSA) is 115 Å². The number of fused-ring (bicyclic) bond motifs is 4. The smallest absolute Gasteiger partial charge is 0.417 e. The van der Waals surface area contributed by atoms with E-state index in [1.54, 1.807) is 28.7 Å². The highest BCUT2D eigenvalue weighted by molar-refractivity contribution is 7.23. The molecule has 52 heavy (non-hydrogen) atoms. The zero-order chi connectivity index (χ0) is 36.9. The summed E-state index contributed by atoms with van der Waals surface area (Å²) < 4.78 is 98.0. The van der Waals surface area contributed by atoms with Crippen LogP contribution in [0.3, 0.4) is 0 Å². The van der Waals surface area contributed by atoms with E-state index in [0.29, 0.717) is 37.3 Å². The summed E-state index contributed by atoms with van der Waals surface area (Å²) in [5, 5.41) is 9.26. The number of likely N-dealkylation sites (N-methyl/N-ethyl adjacent to an activating group) is 2. The molecule has 4 fully saturated rings. The molecule has 0 spiro atoms. The Balaban J connectivity index is 1.33. The van der Waals surface area contributed by atoms with Gasteiger partial charge < -0.3 is 25.2 Å². The Bertz CT molecular complexity index is 2170. The van der Waals surface area contributed by atoms with Crippen molar-refractivity contribution in [3.05, 3.63) is 41.0 Å². The molecule has 0 unspecified atom stereocenters. The minimum Gasteiger partial charge on any atom is -0.461 e. The number of benzene rings is 2. The van der Waals surface area contributed by atoms with E-state index in [1.807, 2.05) is 11.0 Å². The van der Waals surface area contributed by atoms with Crippen LogP contribution in [0.5, 0.6) is 6.01 Å². The molecule has 4 aliphatic rings. The molecule has 2 amide bonds. The van der Waals surface area contributed by atoms with Gasteiger partial charge in [0.15, 0.2) is 5.82 Å². The molecule has 4 aromatic rings. The van der Waals surface area contributed by atoms with Gasteiger partial charge in [-0.25, -0.2) is 18.0 Å². The number of urea groups is 1. The summed E-state index contributed by atoms with van der Waals surface area (Å²) in [7, 11) is 1.70. The maximum absolute atomic E-state index is 17.2. The molecule has 274 valence electrons. The Morgan fingerprint density at radius 2 is 2.00 bits per heavy atom. The lowest BCUT2D eigenvalue weighted by molar-refractivity contribution is -0.137. The zero-order valence-corrected chi connectivity index (χ0v) is 29.1. The lowest BCUT2D eigenvalue weighted by atomic mass is 9.92. The van der Waals surface area contributed by atoms with Gasteiger partial charge in [-0.15, -0.1) is 11.3 Å². The zero-order valence-electron chi connectivity index (χ0n) is 28.2. The molecule has 4 atom stereocenters. The fraction of sp³-hybridized carbons (Fsp3) is 0.486. The van der Waals surface area contributed by atoms with Crippen LogP contribution in [-0.2, 0) is 6.18 Å². The van der Waals surface area contributed by atoms with E-state index in [-0.39, 0.29) is 94.2 Å². The molecule has 2 N–H and O–H groups in total. The number of carbonyl (C=O) groups excluding carboxylic acids is 1. The number of nitrogens with two attached hydrogens (primary N) is 1. The first kappa shape index (κ1) is 34.5. The van der Waals surface area contributed by atoms with Crippen molar-refractivity contribution in [2.75, 3.05) is 57.0 Å².